The van der Waals surface area contributed by atoms with E-state index >= 15 is 0 Å². The van der Waals surface area contributed by atoms with Crippen LogP contribution in [0.5, 0.6) is 0 Å². The topological polar surface area (TPSA) is 35.5 Å². The molecular formula is C16H20N2O. The molecule has 0 saturated carbocycles. The number of nitrogens with zero attached hydrogens (tertiary/aromatic N) is 1. The van der Waals surface area contributed by atoms with E-state index in [1.807, 2.05) is 24.3 Å². The van der Waals surface area contributed by atoms with Gasteiger partial charge in [0.25, 0.3) is 0 Å². The monoisotopic (exact) mass is 256 g/mol. The molecule has 2 N–H and O–H groups in total. The van der Waals surface area contributed by atoms with Gasteiger partial charge in [0.15, 0.2) is 0 Å². The van der Waals surface area contributed by atoms with E-state index in [9.17, 15) is 5.11 Å². The zero-order chi connectivity index (χ0) is 13.5. The van der Waals surface area contributed by atoms with Crippen molar-refractivity contribution < 1.29 is 5.11 Å². The van der Waals surface area contributed by atoms with Crippen LogP contribution < -0.4 is 5.32 Å². The van der Waals surface area contributed by atoms with Crippen molar-refractivity contribution in [3.8, 4) is 12.3 Å². The van der Waals surface area contributed by atoms with E-state index in [1.54, 1.807) is 0 Å². The quantitative estimate of drug-likeness (QED) is 0.796. The molecule has 1 aromatic carbocycles. The van der Waals surface area contributed by atoms with E-state index in [0.29, 0.717) is 0 Å². The second-order valence-corrected chi connectivity index (χ2v) is 4.69. The van der Waals surface area contributed by atoms with Gasteiger partial charge < -0.3 is 10.4 Å². The van der Waals surface area contributed by atoms with E-state index in [1.165, 1.54) is 0 Å². The predicted molar refractivity (Wildman–Crippen MR) is 78.6 cm³/mol. The highest BCUT2D eigenvalue weighted by atomic mass is 16.3. The van der Waals surface area contributed by atoms with Gasteiger partial charge in [-0.15, -0.1) is 6.42 Å². The van der Waals surface area contributed by atoms with Gasteiger partial charge in [-0.05, 0) is 11.1 Å². The minimum atomic E-state index is -0.807. The molecule has 1 aliphatic rings. The summed E-state index contributed by atoms with van der Waals surface area (Å²) in [7, 11) is 0. The molecule has 1 fully saturated rings. The van der Waals surface area contributed by atoms with Gasteiger partial charge in [-0.25, -0.2) is 0 Å². The maximum atomic E-state index is 9.50. The van der Waals surface area contributed by atoms with E-state index in [-0.39, 0.29) is 0 Å². The van der Waals surface area contributed by atoms with Gasteiger partial charge in [0.05, 0.1) is 0 Å². The van der Waals surface area contributed by atoms with E-state index < -0.39 is 6.10 Å². The maximum absolute atomic E-state index is 9.50. The van der Waals surface area contributed by atoms with Gasteiger partial charge in [-0.1, -0.05) is 42.3 Å². The molecule has 19 heavy (non-hydrogen) atoms. The second-order valence-electron chi connectivity index (χ2n) is 4.69. The fourth-order valence-electron chi connectivity index (χ4n) is 2.12. The fourth-order valence-corrected chi connectivity index (χ4v) is 2.12. The Morgan fingerprint density at radius 2 is 2.00 bits per heavy atom. The van der Waals surface area contributed by atoms with Crippen LogP contribution in [0.25, 0.3) is 6.08 Å². The first-order valence-corrected chi connectivity index (χ1v) is 6.63. The summed E-state index contributed by atoms with van der Waals surface area (Å²) in [5.74, 6) is 2.31. The van der Waals surface area contributed by atoms with Crippen LogP contribution >= 0.6 is 0 Å². The molecule has 2 rings (SSSR count). The minimum Gasteiger partial charge on any atom is -0.376 e. The van der Waals surface area contributed by atoms with Crippen LogP contribution in [-0.4, -0.2) is 42.7 Å². The Labute approximate surface area is 114 Å². The summed E-state index contributed by atoms with van der Waals surface area (Å²) in [5.41, 5.74) is 1.89. The lowest BCUT2D eigenvalue weighted by Crippen LogP contribution is -2.43. The highest BCUT2D eigenvalue weighted by Crippen LogP contribution is 2.13. The van der Waals surface area contributed by atoms with Crippen molar-refractivity contribution in [2.24, 2.45) is 0 Å². The Balaban J connectivity index is 1.86. The van der Waals surface area contributed by atoms with Gasteiger partial charge in [0.1, 0.15) is 6.10 Å². The summed E-state index contributed by atoms with van der Waals surface area (Å²) in [5, 5.41) is 12.8. The summed E-state index contributed by atoms with van der Waals surface area (Å²) < 4.78 is 0. The molecule has 100 valence electrons. The van der Waals surface area contributed by atoms with Crippen LogP contribution in [0.3, 0.4) is 0 Å². The second kappa shape index (κ2) is 7.10. The Morgan fingerprint density at radius 3 is 2.63 bits per heavy atom. The lowest BCUT2D eigenvalue weighted by Gasteiger charge is -2.25. The lowest BCUT2D eigenvalue weighted by molar-refractivity contribution is 0.238. The number of aliphatic hydroxyl groups excluding tert-OH is 1. The standard InChI is InChI=1S/C16H20N2O/c1-2-16(19)15-7-5-14(6-8-15)4-3-11-18-12-9-17-10-13-18/h1,3-8,16-17,19H,9-13H2/b4-3+. The first kappa shape index (κ1) is 13.8. The molecule has 0 spiro atoms. The highest BCUT2D eigenvalue weighted by molar-refractivity contribution is 5.50. The van der Waals surface area contributed by atoms with Crippen LogP contribution in [0.4, 0.5) is 0 Å². The Morgan fingerprint density at radius 1 is 1.32 bits per heavy atom. The average molecular weight is 256 g/mol. The smallest absolute Gasteiger partial charge is 0.139 e. The fraction of sp³-hybridized carbons (Fsp3) is 0.375. The molecule has 0 aliphatic carbocycles. The Hall–Kier alpha value is -1.60. The molecule has 1 unspecified atom stereocenters. The van der Waals surface area contributed by atoms with Crippen molar-refractivity contribution in [3.05, 3.63) is 41.5 Å². The van der Waals surface area contributed by atoms with Crippen LogP contribution in [0.15, 0.2) is 30.3 Å². The Kier molecular flexibility index (Phi) is 5.17. The van der Waals surface area contributed by atoms with Crippen LogP contribution in [0.1, 0.15) is 17.2 Å². The van der Waals surface area contributed by atoms with Crippen molar-refractivity contribution in [2.75, 3.05) is 32.7 Å². The molecule has 0 radical (unpaired) electrons. The molecule has 3 nitrogen and oxygen atoms in total. The largest absolute Gasteiger partial charge is 0.376 e. The van der Waals surface area contributed by atoms with Gasteiger partial charge in [-0.2, -0.15) is 0 Å². The first-order chi connectivity index (χ1) is 9.29. The summed E-state index contributed by atoms with van der Waals surface area (Å²) in [4.78, 5) is 2.42. The third kappa shape index (κ3) is 4.22. The number of hydrogen-bond donors (Lipinski definition) is 2. The molecule has 0 amide bonds. The molecule has 1 saturated heterocycles. The highest BCUT2D eigenvalue weighted by Gasteiger charge is 2.06. The zero-order valence-corrected chi connectivity index (χ0v) is 11.0. The predicted octanol–water partition coefficient (Wildman–Crippen LogP) is 1.27. The molecule has 1 heterocycles. The van der Waals surface area contributed by atoms with Crippen molar-refractivity contribution in [2.45, 2.75) is 6.10 Å². The summed E-state index contributed by atoms with van der Waals surface area (Å²) in [6, 6.07) is 7.69. The maximum Gasteiger partial charge on any atom is 0.139 e. The van der Waals surface area contributed by atoms with Crippen molar-refractivity contribution in [1.82, 2.24) is 10.2 Å². The Bertz CT molecular complexity index is 453. The summed E-state index contributed by atoms with van der Waals surface area (Å²) >= 11 is 0. The molecule has 3 heteroatoms. The number of terminal acetylenes is 1. The molecule has 0 bridgehead atoms. The molecule has 1 atom stereocenters. The molecule has 0 aromatic heterocycles. The van der Waals surface area contributed by atoms with Gasteiger partial charge in [0.2, 0.25) is 0 Å². The summed E-state index contributed by atoms with van der Waals surface area (Å²) in [6.07, 6.45) is 8.66. The third-order valence-corrected chi connectivity index (χ3v) is 3.29. The zero-order valence-electron chi connectivity index (χ0n) is 11.0. The molecule has 1 aromatic rings. The van der Waals surface area contributed by atoms with Gasteiger partial charge in [-0.3, -0.25) is 4.90 Å². The number of hydrogen-bond acceptors (Lipinski definition) is 3. The van der Waals surface area contributed by atoms with Crippen molar-refractivity contribution in [1.29, 1.82) is 0 Å². The van der Waals surface area contributed by atoms with Crippen molar-refractivity contribution >= 4 is 6.08 Å². The van der Waals surface area contributed by atoms with Crippen LogP contribution in [-0.2, 0) is 0 Å². The molecular weight excluding hydrogens is 236 g/mol. The third-order valence-electron chi connectivity index (χ3n) is 3.29. The number of rotatable bonds is 4. The SMILES string of the molecule is C#CC(O)c1ccc(/C=C/CN2CCNCC2)cc1. The first-order valence-electron chi connectivity index (χ1n) is 6.63. The van der Waals surface area contributed by atoms with Crippen molar-refractivity contribution in [3.63, 3.8) is 0 Å². The van der Waals surface area contributed by atoms with E-state index in [4.69, 9.17) is 6.42 Å². The van der Waals surface area contributed by atoms with E-state index in [0.717, 1.165) is 43.9 Å². The minimum absolute atomic E-state index is 0.766. The van der Waals surface area contributed by atoms with Gasteiger partial charge >= 0.3 is 0 Å². The van der Waals surface area contributed by atoms with Crippen LogP contribution in [0, 0.1) is 12.3 Å². The number of aliphatic hydroxyl groups is 1. The van der Waals surface area contributed by atoms with Gasteiger partial charge in [0, 0.05) is 32.7 Å². The van der Waals surface area contributed by atoms with Crippen LogP contribution in [0.2, 0.25) is 0 Å². The molecule has 1 aliphatic heterocycles. The number of benzene rings is 1. The number of nitrogens with one attached hydrogen (secondary N) is 1. The average Bonchev–Trinajstić information content (AvgIpc) is 2.48. The number of piperazine rings is 1. The van der Waals surface area contributed by atoms with E-state index in [2.05, 4.69) is 28.3 Å². The lowest BCUT2D eigenvalue weighted by atomic mass is 10.1. The normalized spacial score (nSPS) is 18.3. The summed E-state index contributed by atoms with van der Waals surface area (Å²) in [6.45, 7) is 5.35.